The second kappa shape index (κ2) is 6.56. The van der Waals surface area contributed by atoms with Gasteiger partial charge in [-0.25, -0.2) is 4.98 Å². The lowest BCUT2D eigenvalue weighted by Gasteiger charge is -2.23. The number of anilines is 1. The van der Waals surface area contributed by atoms with E-state index in [0.717, 1.165) is 0 Å². The number of methoxy groups -OCH3 is 1. The molecule has 3 rings (SSSR count). The molecule has 1 fully saturated rings. The van der Waals surface area contributed by atoms with Crippen LogP contribution in [0.5, 0.6) is 5.75 Å². The number of carbonyl (C=O) groups is 1. The Labute approximate surface area is 143 Å². The van der Waals surface area contributed by atoms with Gasteiger partial charge in [0.15, 0.2) is 6.04 Å². The Hall–Kier alpha value is -2.48. The molecule has 126 valence electrons. The number of amides is 1. The summed E-state index contributed by atoms with van der Waals surface area (Å²) in [6, 6.07) is 5.27. The lowest BCUT2D eigenvalue weighted by molar-refractivity contribution is -0.530. The highest BCUT2D eigenvalue weighted by molar-refractivity contribution is 7.09. The number of nitro groups is 1. The average molecular weight is 347 g/mol. The molecular weight excluding hydrogens is 330 g/mol. The van der Waals surface area contributed by atoms with Crippen LogP contribution in [0.3, 0.4) is 0 Å². The fourth-order valence-electron chi connectivity index (χ4n) is 3.18. The van der Waals surface area contributed by atoms with Gasteiger partial charge in [0, 0.05) is 22.2 Å². The Bertz CT molecular complexity index is 732. The van der Waals surface area contributed by atoms with Crippen LogP contribution in [0, 0.1) is 16.0 Å². The third-order valence-electron chi connectivity index (χ3n) is 4.31. The van der Waals surface area contributed by atoms with Gasteiger partial charge in [0.25, 0.3) is 6.04 Å². The van der Waals surface area contributed by atoms with Crippen molar-refractivity contribution in [3.8, 4) is 5.75 Å². The number of ether oxygens (including phenoxy) is 1. The van der Waals surface area contributed by atoms with Gasteiger partial charge >= 0.3 is 0 Å². The summed E-state index contributed by atoms with van der Waals surface area (Å²) in [5.41, 5.74) is 0.615. The van der Waals surface area contributed by atoms with E-state index in [1.165, 1.54) is 16.2 Å². The molecule has 1 aliphatic heterocycles. The van der Waals surface area contributed by atoms with Crippen molar-refractivity contribution in [3.63, 3.8) is 0 Å². The summed E-state index contributed by atoms with van der Waals surface area (Å²) in [5.74, 6) is -0.227. The van der Waals surface area contributed by atoms with Crippen LogP contribution in [0.1, 0.15) is 24.4 Å². The Morgan fingerprint density at radius 3 is 2.58 bits per heavy atom. The number of hydrogen-bond acceptors (Lipinski definition) is 6. The highest BCUT2D eigenvalue weighted by Gasteiger charge is 2.56. The predicted molar refractivity (Wildman–Crippen MR) is 89.9 cm³/mol. The molecule has 0 N–H and O–H groups in total. The minimum atomic E-state index is -1.00. The van der Waals surface area contributed by atoms with Gasteiger partial charge in [0.2, 0.25) is 5.91 Å². The van der Waals surface area contributed by atoms with Crippen LogP contribution in [0.2, 0.25) is 0 Å². The van der Waals surface area contributed by atoms with E-state index in [0.29, 0.717) is 22.9 Å². The summed E-state index contributed by atoms with van der Waals surface area (Å²) in [4.78, 5) is 30.0. The van der Waals surface area contributed by atoms with Crippen LogP contribution in [0.4, 0.5) is 5.69 Å². The molecule has 0 spiro atoms. The van der Waals surface area contributed by atoms with Crippen molar-refractivity contribution in [2.75, 3.05) is 12.0 Å². The minimum Gasteiger partial charge on any atom is -0.497 e. The van der Waals surface area contributed by atoms with Crippen LogP contribution in [-0.2, 0) is 4.79 Å². The second-order valence-corrected chi connectivity index (χ2v) is 6.44. The quantitative estimate of drug-likeness (QED) is 0.613. The molecule has 0 unspecified atom stereocenters. The highest BCUT2D eigenvalue weighted by atomic mass is 32.1. The molecule has 24 heavy (non-hydrogen) atoms. The van der Waals surface area contributed by atoms with Crippen molar-refractivity contribution < 1.29 is 14.5 Å². The first-order valence-electron chi connectivity index (χ1n) is 7.58. The first kappa shape index (κ1) is 16.4. The van der Waals surface area contributed by atoms with Crippen LogP contribution in [0.25, 0.3) is 0 Å². The minimum absolute atomic E-state index is 0.232. The van der Waals surface area contributed by atoms with E-state index >= 15 is 0 Å². The van der Waals surface area contributed by atoms with E-state index in [1.807, 2.05) is 0 Å². The maximum Gasteiger partial charge on any atom is 0.251 e. The van der Waals surface area contributed by atoms with Gasteiger partial charge in [-0.1, -0.05) is 6.92 Å². The number of thiazole rings is 1. The molecule has 3 atom stereocenters. The maximum atomic E-state index is 12.9. The highest BCUT2D eigenvalue weighted by Crippen LogP contribution is 2.43. The molecule has 1 aliphatic rings. The lowest BCUT2D eigenvalue weighted by Crippen LogP contribution is -2.33. The topological polar surface area (TPSA) is 85.6 Å². The fourth-order valence-corrected chi connectivity index (χ4v) is 3.95. The lowest BCUT2D eigenvalue weighted by atomic mass is 9.96. The van der Waals surface area contributed by atoms with Gasteiger partial charge in [-0.05, 0) is 30.7 Å². The first-order chi connectivity index (χ1) is 11.6. The number of carbonyl (C=O) groups excluding carboxylic acids is 1. The molecule has 0 radical (unpaired) electrons. The summed E-state index contributed by atoms with van der Waals surface area (Å²) in [6.07, 6.45) is 2.02. The zero-order chi connectivity index (χ0) is 17.3. The molecule has 8 heteroatoms. The molecule has 1 aromatic heterocycles. The van der Waals surface area contributed by atoms with Gasteiger partial charge in [0.1, 0.15) is 16.7 Å². The third kappa shape index (κ3) is 2.62. The molecule has 7 nitrogen and oxygen atoms in total. The summed E-state index contributed by atoms with van der Waals surface area (Å²) < 4.78 is 5.14. The average Bonchev–Trinajstić information content (AvgIpc) is 3.20. The second-order valence-electron chi connectivity index (χ2n) is 5.51. The fraction of sp³-hybridized carbons (Fsp3) is 0.375. The van der Waals surface area contributed by atoms with E-state index in [9.17, 15) is 14.9 Å². The normalized spacial score (nSPS) is 23.5. The number of hydrogen-bond donors (Lipinski definition) is 0. The van der Waals surface area contributed by atoms with Gasteiger partial charge in [-0.15, -0.1) is 11.3 Å². The van der Waals surface area contributed by atoms with Crippen molar-refractivity contribution in [2.24, 2.45) is 5.92 Å². The molecule has 0 saturated carbocycles. The smallest absolute Gasteiger partial charge is 0.251 e. The monoisotopic (exact) mass is 347 g/mol. The molecule has 0 aliphatic carbocycles. The maximum absolute atomic E-state index is 12.9. The van der Waals surface area contributed by atoms with E-state index < -0.39 is 18.0 Å². The Kier molecular flexibility index (Phi) is 4.48. The Morgan fingerprint density at radius 1 is 1.38 bits per heavy atom. The zero-order valence-corrected chi connectivity index (χ0v) is 14.1. The van der Waals surface area contributed by atoms with Crippen LogP contribution < -0.4 is 9.64 Å². The summed E-state index contributed by atoms with van der Waals surface area (Å²) in [5, 5.41) is 14.0. The van der Waals surface area contributed by atoms with Gasteiger partial charge in [-0.3, -0.25) is 19.8 Å². The predicted octanol–water partition coefficient (Wildman–Crippen LogP) is 2.91. The van der Waals surface area contributed by atoms with Crippen molar-refractivity contribution in [2.45, 2.75) is 25.4 Å². The molecule has 1 saturated heterocycles. The number of benzene rings is 1. The molecule has 0 bridgehead atoms. The van der Waals surface area contributed by atoms with Crippen molar-refractivity contribution in [1.29, 1.82) is 0 Å². The number of aromatic nitrogens is 1. The van der Waals surface area contributed by atoms with Crippen LogP contribution in [-0.4, -0.2) is 29.0 Å². The van der Waals surface area contributed by atoms with Crippen LogP contribution >= 0.6 is 11.3 Å². The van der Waals surface area contributed by atoms with Crippen molar-refractivity contribution in [3.05, 3.63) is 51.0 Å². The van der Waals surface area contributed by atoms with Gasteiger partial charge in [0.05, 0.1) is 7.11 Å². The van der Waals surface area contributed by atoms with Crippen LogP contribution in [0.15, 0.2) is 35.8 Å². The summed E-state index contributed by atoms with van der Waals surface area (Å²) in [6.45, 7) is 1.80. The number of rotatable bonds is 5. The largest absolute Gasteiger partial charge is 0.497 e. The van der Waals surface area contributed by atoms with Gasteiger partial charge < -0.3 is 4.74 Å². The molecule has 2 heterocycles. The molecule has 1 aromatic carbocycles. The van der Waals surface area contributed by atoms with E-state index in [2.05, 4.69) is 4.98 Å². The van der Waals surface area contributed by atoms with E-state index in [4.69, 9.17) is 4.74 Å². The third-order valence-corrected chi connectivity index (χ3v) is 5.15. The van der Waals surface area contributed by atoms with Gasteiger partial charge in [-0.2, -0.15) is 0 Å². The Morgan fingerprint density at radius 2 is 2.08 bits per heavy atom. The zero-order valence-electron chi connectivity index (χ0n) is 13.3. The standard InChI is InChI=1S/C16H17N3O4S/c1-3-12-13(19(21)22)14(15-17-8-9-24-15)18(16(12)20)10-4-6-11(23-2)7-5-10/h4-9,12-14H,3H2,1-2H3/t12-,13-,14-/m0/s1. The summed E-state index contributed by atoms with van der Waals surface area (Å²) >= 11 is 1.33. The number of nitrogens with zero attached hydrogens (tertiary/aromatic N) is 3. The van der Waals surface area contributed by atoms with E-state index in [1.54, 1.807) is 49.9 Å². The van der Waals surface area contributed by atoms with Crippen molar-refractivity contribution >= 4 is 22.9 Å². The SMILES string of the molecule is CC[C@@H]1C(=O)N(c2ccc(OC)cc2)[C@H](c2nccs2)[C@H]1[N+](=O)[O-]. The Balaban J connectivity index is 2.09. The van der Waals surface area contributed by atoms with E-state index in [-0.39, 0.29) is 10.8 Å². The first-order valence-corrected chi connectivity index (χ1v) is 8.46. The molecule has 1 amide bonds. The molecule has 2 aromatic rings. The summed E-state index contributed by atoms with van der Waals surface area (Å²) in [7, 11) is 1.56. The van der Waals surface area contributed by atoms with Crippen molar-refractivity contribution in [1.82, 2.24) is 4.98 Å². The molecular formula is C16H17N3O4S.